The van der Waals surface area contributed by atoms with Gasteiger partial charge in [-0.1, -0.05) is 52.0 Å². The Morgan fingerprint density at radius 1 is 0.889 bits per heavy atom. The third-order valence-corrected chi connectivity index (χ3v) is 3.40. The molecule has 104 valence electrons. The van der Waals surface area contributed by atoms with E-state index in [1.165, 1.54) is 57.2 Å². The molecule has 0 N–H and O–H groups in total. The molecule has 0 amide bonds. The van der Waals surface area contributed by atoms with Crippen molar-refractivity contribution in [1.29, 1.82) is 0 Å². The Kier molecular flexibility index (Phi) is 11.2. The highest BCUT2D eigenvalue weighted by Gasteiger charge is 2.05. The molecule has 1 aromatic heterocycles. The van der Waals surface area contributed by atoms with Crippen LogP contribution in [0.25, 0.3) is 0 Å². The molecular formula is C16H28ClN. The van der Waals surface area contributed by atoms with Crippen LogP contribution in [0.15, 0.2) is 24.4 Å². The fourth-order valence-electron chi connectivity index (χ4n) is 2.29. The Bertz CT molecular complexity index is 299. The molecule has 1 heterocycles. The summed E-state index contributed by atoms with van der Waals surface area (Å²) in [6.45, 7) is 5.70. The van der Waals surface area contributed by atoms with Crippen LogP contribution >= 0.6 is 0 Å². The Morgan fingerprint density at radius 3 is 2.22 bits per heavy atom. The van der Waals surface area contributed by atoms with Crippen LogP contribution in [0.2, 0.25) is 0 Å². The van der Waals surface area contributed by atoms with Gasteiger partial charge in [0.15, 0.2) is 11.9 Å². The van der Waals surface area contributed by atoms with Crippen molar-refractivity contribution in [3.63, 3.8) is 0 Å². The Hall–Kier alpha value is -0.560. The van der Waals surface area contributed by atoms with Gasteiger partial charge in [-0.3, -0.25) is 0 Å². The first kappa shape index (κ1) is 17.4. The average molecular weight is 270 g/mol. The summed E-state index contributed by atoms with van der Waals surface area (Å²) in [6.07, 6.45) is 13.1. The Labute approximate surface area is 119 Å². The zero-order valence-electron chi connectivity index (χ0n) is 12.0. The van der Waals surface area contributed by atoms with Gasteiger partial charge >= 0.3 is 0 Å². The SMILES string of the molecule is CCCCCCCCC[n+]1ccccc1CC.[Cl-]. The maximum Gasteiger partial charge on any atom is 0.181 e. The number of aromatic nitrogens is 1. The van der Waals surface area contributed by atoms with Gasteiger partial charge in [0.2, 0.25) is 0 Å². The summed E-state index contributed by atoms with van der Waals surface area (Å²) in [5, 5.41) is 0. The number of hydrogen-bond donors (Lipinski definition) is 0. The molecule has 2 heteroatoms. The van der Waals surface area contributed by atoms with E-state index in [9.17, 15) is 0 Å². The second-order valence-electron chi connectivity index (χ2n) is 4.86. The molecule has 0 atom stereocenters. The first-order chi connectivity index (χ1) is 8.38. The zero-order valence-corrected chi connectivity index (χ0v) is 12.8. The summed E-state index contributed by atoms with van der Waals surface area (Å²) < 4.78 is 2.41. The molecule has 1 nitrogen and oxygen atoms in total. The minimum absolute atomic E-state index is 0. The van der Waals surface area contributed by atoms with Gasteiger partial charge in [-0.25, -0.2) is 4.57 Å². The van der Waals surface area contributed by atoms with Gasteiger partial charge in [0.05, 0.1) is 0 Å². The van der Waals surface area contributed by atoms with E-state index in [0.717, 1.165) is 6.42 Å². The molecule has 0 saturated heterocycles. The minimum Gasteiger partial charge on any atom is -1.00 e. The molecule has 0 saturated carbocycles. The predicted molar refractivity (Wildman–Crippen MR) is 74.0 cm³/mol. The van der Waals surface area contributed by atoms with Crippen molar-refractivity contribution in [1.82, 2.24) is 0 Å². The monoisotopic (exact) mass is 269 g/mol. The first-order valence-corrected chi connectivity index (χ1v) is 7.35. The molecule has 1 rings (SSSR count). The maximum atomic E-state index is 2.41. The van der Waals surface area contributed by atoms with Gasteiger partial charge in [-0.05, 0) is 6.42 Å². The number of rotatable bonds is 9. The van der Waals surface area contributed by atoms with Crippen LogP contribution in [-0.4, -0.2) is 0 Å². The van der Waals surface area contributed by atoms with Gasteiger partial charge in [0.25, 0.3) is 0 Å². The minimum atomic E-state index is 0. The average Bonchev–Trinajstić information content (AvgIpc) is 2.38. The molecule has 0 spiro atoms. The number of halogens is 1. The van der Waals surface area contributed by atoms with Crippen molar-refractivity contribution < 1.29 is 17.0 Å². The van der Waals surface area contributed by atoms with Crippen LogP contribution in [0.5, 0.6) is 0 Å². The molecule has 0 fully saturated rings. The molecule has 18 heavy (non-hydrogen) atoms. The topological polar surface area (TPSA) is 3.88 Å². The molecule has 0 aliphatic carbocycles. The second kappa shape index (κ2) is 11.5. The summed E-state index contributed by atoms with van der Waals surface area (Å²) in [5.41, 5.74) is 1.46. The third-order valence-electron chi connectivity index (χ3n) is 3.40. The number of hydrogen-bond acceptors (Lipinski definition) is 0. The molecule has 0 aliphatic rings. The van der Waals surface area contributed by atoms with E-state index >= 15 is 0 Å². The highest BCUT2D eigenvalue weighted by atomic mass is 35.5. The van der Waals surface area contributed by atoms with E-state index in [0.29, 0.717) is 0 Å². The predicted octanol–water partition coefficient (Wildman–Crippen LogP) is 1.29. The molecule has 0 aliphatic heterocycles. The lowest BCUT2D eigenvalue weighted by Gasteiger charge is -2.02. The van der Waals surface area contributed by atoms with Gasteiger partial charge in [-0.15, -0.1) is 0 Å². The first-order valence-electron chi connectivity index (χ1n) is 7.35. The lowest BCUT2D eigenvalue weighted by atomic mass is 10.1. The van der Waals surface area contributed by atoms with Crippen LogP contribution in [0.1, 0.15) is 64.5 Å². The quantitative estimate of drug-likeness (QED) is 0.470. The molecule has 0 bridgehead atoms. The normalized spacial score (nSPS) is 10.1. The lowest BCUT2D eigenvalue weighted by Crippen LogP contribution is -3.00. The van der Waals surface area contributed by atoms with Gasteiger partial charge < -0.3 is 12.4 Å². The summed E-state index contributed by atoms with van der Waals surface area (Å²) in [5.74, 6) is 0. The smallest absolute Gasteiger partial charge is 0.181 e. The Balaban J connectivity index is 0.00000289. The number of nitrogens with zero attached hydrogens (tertiary/aromatic N) is 1. The van der Waals surface area contributed by atoms with E-state index in [2.05, 4.69) is 42.8 Å². The largest absolute Gasteiger partial charge is 1.00 e. The van der Waals surface area contributed by atoms with Gasteiger partial charge in [0, 0.05) is 25.0 Å². The molecule has 0 radical (unpaired) electrons. The van der Waals surface area contributed by atoms with E-state index < -0.39 is 0 Å². The van der Waals surface area contributed by atoms with E-state index in [4.69, 9.17) is 0 Å². The van der Waals surface area contributed by atoms with Crippen LogP contribution in [0.3, 0.4) is 0 Å². The van der Waals surface area contributed by atoms with Crippen molar-refractivity contribution in [3.8, 4) is 0 Å². The number of unbranched alkanes of at least 4 members (excludes halogenated alkanes) is 6. The van der Waals surface area contributed by atoms with Crippen molar-refractivity contribution in [2.75, 3.05) is 0 Å². The summed E-state index contributed by atoms with van der Waals surface area (Å²) in [4.78, 5) is 0. The van der Waals surface area contributed by atoms with Crippen LogP contribution in [0, 0.1) is 0 Å². The van der Waals surface area contributed by atoms with Crippen molar-refractivity contribution >= 4 is 0 Å². The van der Waals surface area contributed by atoms with Crippen LogP contribution in [-0.2, 0) is 13.0 Å². The van der Waals surface area contributed by atoms with E-state index in [1.54, 1.807) is 0 Å². The van der Waals surface area contributed by atoms with E-state index in [-0.39, 0.29) is 12.4 Å². The van der Waals surface area contributed by atoms with Crippen molar-refractivity contribution in [2.24, 2.45) is 0 Å². The summed E-state index contributed by atoms with van der Waals surface area (Å²) in [7, 11) is 0. The van der Waals surface area contributed by atoms with E-state index in [1.807, 2.05) is 0 Å². The molecular weight excluding hydrogens is 242 g/mol. The fraction of sp³-hybridized carbons (Fsp3) is 0.688. The zero-order chi connectivity index (χ0) is 12.3. The molecule has 0 unspecified atom stereocenters. The fourth-order valence-corrected chi connectivity index (χ4v) is 2.29. The molecule has 0 aromatic carbocycles. The van der Waals surface area contributed by atoms with Crippen molar-refractivity contribution in [2.45, 2.75) is 71.8 Å². The standard InChI is InChI=1S/C16H28N.ClH/c1-3-5-6-7-8-9-11-14-17-15-12-10-13-16(17)4-2;/h10,12-13,15H,3-9,11,14H2,1-2H3;1H/q+1;/p-1. The number of pyridine rings is 1. The second-order valence-corrected chi connectivity index (χ2v) is 4.86. The number of aryl methyl sites for hydroxylation is 2. The Morgan fingerprint density at radius 2 is 1.56 bits per heavy atom. The van der Waals surface area contributed by atoms with Crippen LogP contribution < -0.4 is 17.0 Å². The van der Waals surface area contributed by atoms with Gasteiger partial charge in [-0.2, -0.15) is 0 Å². The highest BCUT2D eigenvalue weighted by Crippen LogP contribution is 2.06. The lowest BCUT2D eigenvalue weighted by molar-refractivity contribution is -0.704. The van der Waals surface area contributed by atoms with Gasteiger partial charge in [0.1, 0.15) is 6.54 Å². The summed E-state index contributed by atoms with van der Waals surface area (Å²) in [6, 6.07) is 6.52. The maximum absolute atomic E-state index is 2.41. The highest BCUT2D eigenvalue weighted by molar-refractivity contribution is 4.96. The third kappa shape index (κ3) is 7.00. The van der Waals surface area contributed by atoms with Crippen molar-refractivity contribution in [3.05, 3.63) is 30.1 Å². The van der Waals surface area contributed by atoms with Crippen LogP contribution in [0.4, 0.5) is 0 Å². The summed E-state index contributed by atoms with van der Waals surface area (Å²) >= 11 is 0. The molecule has 1 aromatic rings.